The molecule has 1 rings (SSSR count). The fourth-order valence-corrected chi connectivity index (χ4v) is 12.9. The van der Waals surface area contributed by atoms with Crippen LogP contribution in [0.5, 0.6) is 0 Å². The highest BCUT2D eigenvalue weighted by Gasteiger charge is 2.44. The molecule has 0 aliphatic carbocycles. The zero-order valence-electron chi connectivity index (χ0n) is 60.8. The number of unbranched alkanes of at least 4 members (excludes halogenated alkanes) is 49. The molecule has 0 aromatic heterocycles. The summed E-state index contributed by atoms with van der Waals surface area (Å²) in [5, 5.41) is 76.7. The Morgan fingerprint density at radius 3 is 1.02 bits per heavy atom. The molecule has 9 atom stereocenters. The molecule has 0 spiro atoms. The van der Waals surface area contributed by atoms with Crippen molar-refractivity contribution in [3.05, 3.63) is 60.8 Å². The Hall–Kier alpha value is -2.19. The van der Waals surface area contributed by atoms with Crippen molar-refractivity contribution in [2.75, 3.05) is 13.2 Å². The molecular formula is C82H153NO10. The van der Waals surface area contributed by atoms with E-state index in [1.54, 1.807) is 0 Å². The molecule has 546 valence electrons. The Morgan fingerprint density at radius 2 is 0.677 bits per heavy atom. The van der Waals surface area contributed by atoms with E-state index in [4.69, 9.17) is 9.47 Å². The van der Waals surface area contributed by atoms with Gasteiger partial charge in [-0.15, -0.1) is 0 Å². The van der Waals surface area contributed by atoms with Gasteiger partial charge in [-0.1, -0.05) is 351 Å². The maximum atomic E-state index is 13.3. The number of amides is 1. The minimum Gasteiger partial charge on any atom is -0.394 e. The van der Waals surface area contributed by atoms with Crippen LogP contribution < -0.4 is 5.32 Å². The first-order valence-electron chi connectivity index (χ1n) is 40.2. The summed E-state index contributed by atoms with van der Waals surface area (Å²) in [4.78, 5) is 13.3. The lowest BCUT2D eigenvalue weighted by molar-refractivity contribution is -0.303. The minimum atomic E-state index is -1.68. The fraction of sp³-hybridized carbons (Fsp3) is 0.866. The third-order valence-electron chi connectivity index (χ3n) is 19.2. The summed E-state index contributed by atoms with van der Waals surface area (Å²) in [5.74, 6) is -0.708. The summed E-state index contributed by atoms with van der Waals surface area (Å²) in [6.45, 7) is 3.50. The number of carbonyl (C=O) groups is 1. The van der Waals surface area contributed by atoms with E-state index >= 15 is 0 Å². The van der Waals surface area contributed by atoms with Gasteiger partial charge in [-0.05, 0) is 96.3 Å². The Morgan fingerprint density at radius 1 is 0.376 bits per heavy atom. The van der Waals surface area contributed by atoms with Gasteiger partial charge in [-0.2, -0.15) is 0 Å². The van der Waals surface area contributed by atoms with Crippen LogP contribution in [0.4, 0.5) is 0 Å². The van der Waals surface area contributed by atoms with Gasteiger partial charge in [0.15, 0.2) is 6.29 Å². The molecule has 1 saturated heterocycles. The third kappa shape index (κ3) is 56.4. The molecular weight excluding hydrogens is 1160 g/mol. The highest BCUT2D eigenvalue weighted by molar-refractivity contribution is 5.80. The zero-order valence-corrected chi connectivity index (χ0v) is 60.8. The van der Waals surface area contributed by atoms with Gasteiger partial charge in [0.25, 0.3) is 0 Å². The van der Waals surface area contributed by atoms with Gasteiger partial charge >= 0.3 is 0 Å². The quantitative estimate of drug-likeness (QED) is 0.0215. The maximum Gasteiger partial charge on any atom is 0.249 e. The Kier molecular flexibility index (Phi) is 66.6. The van der Waals surface area contributed by atoms with Crippen molar-refractivity contribution in [1.82, 2.24) is 5.32 Å². The molecule has 11 nitrogen and oxygen atoms in total. The molecule has 1 fully saturated rings. The largest absolute Gasteiger partial charge is 0.394 e. The molecule has 11 heteroatoms. The lowest BCUT2D eigenvalue weighted by Crippen LogP contribution is -2.60. The SMILES string of the molecule is CCCCCCCCCCCCCCC/C=C\C/C=C\CCCCCCCCCCCCCCCCCCC(O)C(=O)NC(COC1OC(CO)C(O)C(O)C1O)C(O)C(O)CCC/C=C/CC/C=C/CC/C=C/CCCCCCCCCCCCCCCCCCC. The molecule has 0 aromatic rings. The fourth-order valence-electron chi connectivity index (χ4n) is 12.9. The number of hydrogen-bond acceptors (Lipinski definition) is 10. The molecule has 0 aromatic carbocycles. The summed E-state index contributed by atoms with van der Waals surface area (Å²) in [7, 11) is 0. The van der Waals surface area contributed by atoms with Crippen LogP contribution in [-0.4, -0.2) is 110 Å². The van der Waals surface area contributed by atoms with E-state index < -0.39 is 74.2 Å². The lowest BCUT2D eigenvalue weighted by Gasteiger charge is -2.40. The number of rotatable bonds is 71. The predicted molar refractivity (Wildman–Crippen MR) is 395 cm³/mol. The van der Waals surface area contributed by atoms with E-state index in [1.165, 1.54) is 289 Å². The van der Waals surface area contributed by atoms with Crippen LogP contribution in [0.15, 0.2) is 60.8 Å². The molecule has 0 bridgehead atoms. The van der Waals surface area contributed by atoms with E-state index in [0.717, 1.165) is 51.4 Å². The van der Waals surface area contributed by atoms with E-state index in [-0.39, 0.29) is 12.8 Å². The Bertz CT molecular complexity index is 1700. The molecule has 1 amide bonds. The van der Waals surface area contributed by atoms with Crippen molar-refractivity contribution in [2.45, 2.75) is 441 Å². The van der Waals surface area contributed by atoms with Gasteiger partial charge < -0.3 is 50.5 Å². The second-order valence-corrected chi connectivity index (χ2v) is 28.1. The van der Waals surface area contributed by atoms with E-state index in [1.807, 2.05) is 0 Å². The van der Waals surface area contributed by atoms with Gasteiger partial charge in [-0.3, -0.25) is 4.79 Å². The Balaban J connectivity index is 2.17. The topological polar surface area (TPSA) is 189 Å². The summed E-state index contributed by atoms with van der Waals surface area (Å²) >= 11 is 0. The summed E-state index contributed by atoms with van der Waals surface area (Å²) in [6, 6.07) is -1.20. The van der Waals surface area contributed by atoms with Crippen molar-refractivity contribution >= 4 is 5.91 Å². The van der Waals surface area contributed by atoms with Crippen molar-refractivity contribution in [3.8, 4) is 0 Å². The van der Waals surface area contributed by atoms with Crippen LogP contribution in [0.25, 0.3) is 0 Å². The molecule has 8 N–H and O–H groups in total. The average molecular weight is 1310 g/mol. The smallest absolute Gasteiger partial charge is 0.249 e. The minimum absolute atomic E-state index is 0.241. The average Bonchev–Trinajstić information content (AvgIpc) is 1.04. The lowest BCUT2D eigenvalue weighted by atomic mass is 9.98. The number of allylic oxidation sites excluding steroid dienone is 10. The predicted octanol–water partition coefficient (Wildman–Crippen LogP) is 20.8. The molecule has 0 saturated carbocycles. The van der Waals surface area contributed by atoms with Crippen molar-refractivity contribution < 1.29 is 50.0 Å². The number of ether oxygens (including phenoxy) is 2. The van der Waals surface area contributed by atoms with Gasteiger partial charge in [-0.25, -0.2) is 0 Å². The number of aliphatic hydroxyl groups excluding tert-OH is 7. The van der Waals surface area contributed by atoms with Gasteiger partial charge in [0.05, 0.1) is 25.4 Å². The van der Waals surface area contributed by atoms with Crippen LogP contribution in [0, 0.1) is 0 Å². The second kappa shape index (κ2) is 69.7. The summed E-state index contributed by atoms with van der Waals surface area (Å²) in [5.41, 5.74) is 0. The number of hydrogen-bond donors (Lipinski definition) is 8. The van der Waals surface area contributed by atoms with E-state index in [0.29, 0.717) is 19.3 Å². The first-order valence-corrected chi connectivity index (χ1v) is 40.2. The van der Waals surface area contributed by atoms with Gasteiger partial charge in [0.1, 0.15) is 36.6 Å². The number of nitrogens with one attached hydrogen (secondary N) is 1. The monoisotopic (exact) mass is 1310 g/mol. The van der Waals surface area contributed by atoms with E-state index in [9.17, 15) is 40.5 Å². The first kappa shape index (κ1) is 88.8. The highest BCUT2D eigenvalue weighted by atomic mass is 16.7. The van der Waals surface area contributed by atoms with Crippen LogP contribution in [-0.2, 0) is 14.3 Å². The molecule has 1 aliphatic heterocycles. The van der Waals surface area contributed by atoms with Gasteiger partial charge in [0.2, 0.25) is 5.91 Å². The normalized spacial score (nSPS) is 18.6. The zero-order chi connectivity index (χ0) is 67.4. The molecule has 0 radical (unpaired) electrons. The van der Waals surface area contributed by atoms with Crippen molar-refractivity contribution in [2.24, 2.45) is 0 Å². The van der Waals surface area contributed by atoms with Crippen LogP contribution >= 0.6 is 0 Å². The highest BCUT2D eigenvalue weighted by Crippen LogP contribution is 2.24. The van der Waals surface area contributed by atoms with Gasteiger partial charge in [0, 0.05) is 0 Å². The second-order valence-electron chi connectivity index (χ2n) is 28.1. The van der Waals surface area contributed by atoms with Crippen LogP contribution in [0.2, 0.25) is 0 Å². The van der Waals surface area contributed by atoms with E-state index in [2.05, 4.69) is 79.9 Å². The number of carbonyl (C=O) groups excluding carboxylic acids is 1. The molecule has 9 unspecified atom stereocenters. The molecule has 93 heavy (non-hydrogen) atoms. The summed E-state index contributed by atoms with van der Waals surface area (Å²) in [6.07, 6.45) is 83.4. The Labute approximate surface area is 573 Å². The third-order valence-corrected chi connectivity index (χ3v) is 19.2. The maximum absolute atomic E-state index is 13.3. The molecule has 1 heterocycles. The molecule has 1 aliphatic rings. The standard InChI is InChI=1S/C82H153NO10/c1-3-5-7-9-11-13-15-17-19-21-23-25-27-29-31-33-35-36-37-38-39-40-42-44-46-48-50-52-54-56-58-60-62-64-66-68-70-75(86)81(91)83-73(72-92-82-80(90)79(89)78(88)76(71-84)93-82)77(87)74(85)69-67-65-63-61-59-57-55-53-51-49-47-45-43-41-34-32-30-28-26-24-22-20-18-16-14-12-10-8-6-4-2/h31,33,36-37,45,47,53,55,61,63,73-80,82,84-90H,3-30,32,34-35,38-44,46,48-52,54,56-60,62,64-72H2,1-2H3,(H,83,91)/b33-31-,37-36-,47-45+,55-53+,63-61+. The number of aliphatic hydroxyl groups is 7. The van der Waals surface area contributed by atoms with Crippen LogP contribution in [0.1, 0.15) is 386 Å². The van der Waals surface area contributed by atoms with Crippen LogP contribution in [0.3, 0.4) is 0 Å². The first-order chi connectivity index (χ1) is 45.7. The van der Waals surface area contributed by atoms with Crippen molar-refractivity contribution in [1.29, 1.82) is 0 Å². The van der Waals surface area contributed by atoms with Crippen molar-refractivity contribution in [3.63, 3.8) is 0 Å². The summed E-state index contributed by atoms with van der Waals surface area (Å²) < 4.78 is 11.2.